The summed E-state index contributed by atoms with van der Waals surface area (Å²) in [7, 11) is 0. The van der Waals surface area contributed by atoms with Crippen LogP contribution < -0.4 is 5.73 Å². The average molecular weight is 346 g/mol. The minimum atomic E-state index is 0.169. The highest BCUT2D eigenvalue weighted by atomic mass is 79.9. The number of nitrogens with two attached hydrogens (primary N) is 1. The summed E-state index contributed by atoms with van der Waals surface area (Å²) >= 11 is 3.36. The minimum Gasteiger partial charge on any atom is -0.453 e. The zero-order valence-electron chi connectivity index (χ0n) is 12.9. The zero-order chi connectivity index (χ0) is 15.0. The van der Waals surface area contributed by atoms with Crippen LogP contribution in [0.5, 0.6) is 0 Å². The van der Waals surface area contributed by atoms with Crippen molar-refractivity contribution in [3.63, 3.8) is 0 Å². The van der Waals surface area contributed by atoms with Gasteiger partial charge in [0.25, 0.3) is 0 Å². The summed E-state index contributed by atoms with van der Waals surface area (Å²) in [5.41, 5.74) is 5.95. The number of rotatable bonds is 10. The quantitative estimate of drug-likeness (QED) is 0.707. The Morgan fingerprint density at radius 1 is 1.15 bits per heavy atom. The van der Waals surface area contributed by atoms with Gasteiger partial charge in [0.2, 0.25) is 0 Å². The maximum atomic E-state index is 5.95. The van der Waals surface area contributed by atoms with Crippen molar-refractivity contribution in [2.24, 2.45) is 5.73 Å². The van der Waals surface area contributed by atoms with Crippen molar-refractivity contribution in [1.82, 2.24) is 9.80 Å². The van der Waals surface area contributed by atoms with Crippen molar-refractivity contribution in [2.45, 2.75) is 33.2 Å². The third-order valence-corrected chi connectivity index (χ3v) is 4.23. The zero-order valence-corrected chi connectivity index (χ0v) is 14.5. The van der Waals surface area contributed by atoms with Gasteiger partial charge in [0.1, 0.15) is 5.76 Å². The molecular formula is C15H28BrN3O. The second kappa shape index (κ2) is 9.55. The van der Waals surface area contributed by atoms with E-state index in [0.29, 0.717) is 6.54 Å². The molecule has 1 aromatic heterocycles. The summed E-state index contributed by atoms with van der Waals surface area (Å²) in [5, 5.41) is 0. The molecule has 0 saturated heterocycles. The van der Waals surface area contributed by atoms with E-state index in [9.17, 15) is 0 Å². The molecule has 0 saturated carbocycles. The van der Waals surface area contributed by atoms with E-state index < -0.39 is 0 Å². The topological polar surface area (TPSA) is 45.6 Å². The van der Waals surface area contributed by atoms with Crippen molar-refractivity contribution in [3.8, 4) is 0 Å². The molecule has 0 amide bonds. The monoisotopic (exact) mass is 345 g/mol. The Labute approximate surface area is 131 Å². The van der Waals surface area contributed by atoms with E-state index in [2.05, 4.69) is 46.5 Å². The van der Waals surface area contributed by atoms with E-state index in [1.165, 1.54) is 0 Å². The predicted octanol–water partition coefficient (Wildman–Crippen LogP) is 3.10. The number of hydrogen-bond acceptors (Lipinski definition) is 4. The fourth-order valence-electron chi connectivity index (χ4n) is 2.52. The Balaban J connectivity index is 2.54. The van der Waals surface area contributed by atoms with Crippen LogP contribution in [-0.4, -0.2) is 49.1 Å². The molecule has 1 aromatic rings. The van der Waals surface area contributed by atoms with Crippen LogP contribution in [0.4, 0.5) is 0 Å². The van der Waals surface area contributed by atoms with Gasteiger partial charge in [-0.1, -0.05) is 20.8 Å². The number of likely N-dealkylation sites (N-methyl/N-ethyl adjacent to an activating group) is 1. The maximum Gasteiger partial charge on any atom is 0.169 e. The van der Waals surface area contributed by atoms with Gasteiger partial charge in [-0.2, -0.15) is 0 Å². The van der Waals surface area contributed by atoms with E-state index in [-0.39, 0.29) is 6.04 Å². The van der Waals surface area contributed by atoms with E-state index in [1.807, 2.05) is 12.1 Å². The van der Waals surface area contributed by atoms with Gasteiger partial charge in [0, 0.05) is 13.1 Å². The van der Waals surface area contributed by atoms with Gasteiger partial charge < -0.3 is 15.1 Å². The van der Waals surface area contributed by atoms with Crippen molar-refractivity contribution in [3.05, 3.63) is 22.6 Å². The second-order valence-electron chi connectivity index (χ2n) is 4.90. The highest BCUT2D eigenvalue weighted by Crippen LogP contribution is 2.24. The lowest BCUT2D eigenvalue weighted by Crippen LogP contribution is -2.36. The third kappa shape index (κ3) is 5.20. The number of nitrogens with zero attached hydrogens (tertiary/aromatic N) is 2. The molecule has 1 unspecified atom stereocenters. The summed E-state index contributed by atoms with van der Waals surface area (Å²) in [6.07, 6.45) is 1.16. The molecule has 0 aliphatic carbocycles. The van der Waals surface area contributed by atoms with Crippen molar-refractivity contribution in [2.75, 3.05) is 39.3 Å². The fourth-order valence-corrected chi connectivity index (χ4v) is 2.84. The van der Waals surface area contributed by atoms with Gasteiger partial charge in [-0.05, 0) is 60.7 Å². The van der Waals surface area contributed by atoms with Crippen LogP contribution in [0.1, 0.15) is 39.0 Å². The molecule has 116 valence electrons. The SMILES string of the molecule is CCN(CC)CCCN(CC)C(CN)c1ccc(Br)o1. The normalized spacial score (nSPS) is 13.3. The molecule has 0 aliphatic rings. The number of furan rings is 1. The first kappa shape index (κ1) is 17.7. The molecule has 0 spiro atoms. The van der Waals surface area contributed by atoms with Gasteiger partial charge >= 0.3 is 0 Å². The van der Waals surface area contributed by atoms with Gasteiger partial charge in [0.15, 0.2) is 4.67 Å². The molecule has 0 aromatic carbocycles. The summed E-state index contributed by atoms with van der Waals surface area (Å²) in [6.45, 7) is 12.6. The first-order valence-corrected chi connectivity index (χ1v) is 8.37. The second-order valence-corrected chi connectivity index (χ2v) is 5.68. The summed E-state index contributed by atoms with van der Waals surface area (Å²) in [6, 6.07) is 4.11. The molecule has 0 aliphatic heterocycles. The standard InChI is InChI=1S/C15H28BrN3O/c1-4-18(5-2)10-7-11-19(6-3)13(12-17)14-8-9-15(16)20-14/h8-9,13H,4-7,10-12,17H2,1-3H3. The lowest BCUT2D eigenvalue weighted by molar-refractivity contribution is 0.173. The van der Waals surface area contributed by atoms with Crippen LogP contribution in [0.2, 0.25) is 0 Å². The summed E-state index contributed by atoms with van der Waals surface area (Å²) < 4.78 is 6.44. The largest absolute Gasteiger partial charge is 0.453 e. The Morgan fingerprint density at radius 3 is 2.30 bits per heavy atom. The van der Waals surface area contributed by atoms with Crippen LogP contribution >= 0.6 is 15.9 Å². The Bertz CT molecular complexity index is 366. The molecule has 0 radical (unpaired) electrons. The Morgan fingerprint density at radius 2 is 1.85 bits per heavy atom. The van der Waals surface area contributed by atoms with Crippen LogP contribution in [0.15, 0.2) is 21.2 Å². The molecule has 2 N–H and O–H groups in total. The van der Waals surface area contributed by atoms with Gasteiger partial charge in [-0.3, -0.25) is 4.90 Å². The van der Waals surface area contributed by atoms with E-state index >= 15 is 0 Å². The predicted molar refractivity (Wildman–Crippen MR) is 87.9 cm³/mol. The molecule has 4 nitrogen and oxygen atoms in total. The first-order chi connectivity index (χ1) is 9.65. The Kier molecular flexibility index (Phi) is 8.45. The maximum absolute atomic E-state index is 5.95. The first-order valence-electron chi connectivity index (χ1n) is 7.57. The van der Waals surface area contributed by atoms with E-state index in [0.717, 1.165) is 49.6 Å². The molecule has 5 heteroatoms. The van der Waals surface area contributed by atoms with Crippen LogP contribution in [0.3, 0.4) is 0 Å². The van der Waals surface area contributed by atoms with E-state index in [1.54, 1.807) is 0 Å². The molecule has 1 atom stereocenters. The molecular weight excluding hydrogens is 318 g/mol. The minimum absolute atomic E-state index is 0.169. The van der Waals surface area contributed by atoms with Gasteiger partial charge in [-0.25, -0.2) is 0 Å². The van der Waals surface area contributed by atoms with Gasteiger partial charge in [0.05, 0.1) is 6.04 Å². The van der Waals surface area contributed by atoms with E-state index in [4.69, 9.17) is 10.2 Å². The van der Waals surface area contributed by atoms with Crippen molar-refractivity contribution < 1.29 is 4.42 Å². The molecule has 20 heavy (non-hydrogen) atoms. The lowest BCUT2D eigenvalue weighted by Gasteiger charge is -2.29. The smallest absolute Gasteiger partial charge is 0.169 e. The van der Waals surface area contributed by atoms with Crippen molar-refractivity contribution in [1.29, 1.82) is 0 Å². The van der Waals surface area contributed by atoms with Crippen LogP contribution in [0, 0.1) is 0 Å². The highest BCUT2D eigenvalue weighted by molar-refractivity contribution is 9.10. The molecule has 0 bridgehead atoms. The van der Waals surface area contributed by atoms with Gasteiger partial charge in [-0.15, -0.1) is 0 Å². The molecule has 1 heterocycles. The number of halogens is 1. The van der Waals surface area contributed by atoms with Crippen LogP contribution in [0.25, 0.3) is 0 Å². The average Bonchev–Trinajstić information content (AvgIpc) is 2.88. The molecule has 1 rings (SSSR count). The fraction of sp³-hybridized carbons (Fsp3) is 0.733. The number of hydrogen-bond donors (Lipinski definition) is 1. The Hall–Kier alpha value is -0.360. The summed E-state index contributed by atoms with van der Waals surface area (Å²) in [4.78, 5) is 4.85. The third-order valence-electron chi connectivity index (χ3n) is 3.81. The molecule has 0 fully saturated rings. The van der Waals surface area contributed by atoms with Crippen LogP contribution in [-0.2, 0) is 0 Å². The lowest BCUT2D eigenvalue weighted by atomic mass is 10.1. The highest BCUT2D eigenvalue weighted by Gasteiger charge is 2.20. The summed E-state index contributed by atoms with van der Waals surface area (Å²) in [5.74, 6) is 0.948. The van der Waals surface area contributed by atoms with Crippen molar-refractivity contribution >= 4 is 15.9 Å².